The largest absolute Gasteiger partial charge is 0.451 e. The molecule has 1 N–H and O–H groups in total. The van der Waals surface area contributed by atoms with E-state index >= 15 is 0 Å². The van der Waals surface area contributed by atoms with Crippen LogP contribution in [0.25, 0.3) is 0 Å². The van der Waals surface area contributed by atoms with Gasteiger partial charge in [0.25, 0.3) is 0 Å². The van der Waals surface area contributed by atoms with E-state index in [0.717, 1.165) is 16.2 Å². The molecule has 0 radical (unpaired) electrons. The second kappa shape index (κ2) is 9.41. The number of rotatable bonds is 5. The number of halogens is 1. The summed E-state index contributed by atoms with van der Waals surface area (Å²) in [6.45, 7) is 1.93. The summed E-state index contributed by atoms with van der Waals surface area (Å²) in [6, 6.07) is 26.4. The molecule has 0 aliphatic carbocycles. The zero-order valence-corrected chi connectivity index (χ0v) is 17.9. The van der Waals surface area contributed by atoms with E-state index in [1.54, 1.807) is 24.3 Å². The van der Waals surface area contributed by atoms with Gasteiger partial charge in [0.1, 0.15) is 0 Å². The van der Waals surface area contributed by atoms with Crippen LogP contribution in [-0.2, 0) is 4.74 Å². The number of ether oxygens (including phenoxy) is 1. The maximum Gasteiger partial charge on any atom is 0.432 e. The molecule has 0 unspecified atom stereocenters. The van der Waals surface area contributed by atoms with Crippen LogP contribution in [0, 0.1) is 0 Å². The van der Waals surface area contributed by atoms with Gasteiger partial charge in [0, 0.05) is 17.7 Å². The Morgan fingerprint density at radius 2 is 1.41 bits per heavy atom. The Hall–Kier alpha value is -2.39. The molecule has 0 spiro atoms. The van der Waals surface area contributed by atoms with Crippen LogP contribution in [0.4, 0.5) is 4.79 Å². The highest BCUT2D eigenvalue weighted by Gasteiger charge is 2.37. The fourth-order valence-electron chi connectivity index (χ4n) is 3.45. The van der Waals surface area contributed by atoms with E-state index in [1.807, 2.05) is 67.6 Å². The SMILES string of the molecule is COC(=O)N=P(c1ccccc1)(c1ccccc1)[C@@H](C)[C@@H](O)c1ccc(Cl)cc1. The van der Waals surface area contributed by atoms with Gasteiger partial charge in [-0.3, -0.25) is 0 Å². The van der Waals surface area contributed by atoms with Crippen molar-refractivity contribution in [2.75, 3.05) is 7.11 Å². The van der Waals surface area contributed by atoms with Crippen molar-refractivity contribution in [3.63, 3.8) is 0 Å². The van der Waals surface area contributed by atoms with E-state index in [0.29, 0.717) is 5.02 Å². The molecule has 3 aromatic rings. The normalized spacial score (nSPS) is 13.4. The molecule has 150 valence electrons. The quantitative estimate of drug-likeness (QED) is 0.556. The number of aliphatic hydroxyl groups excluding tert-OH is 1. The first-order chi connectivity index (χ1) is 14.0. The van der Waals surface area contributed by atoms with Gasteiger partial charge in [-0.2, -0.15) is 4.74 Å². The lowest BCUT2D eigenvalue weighted by Gasteiger charge is -2.34. The highest BCUT2D eigenvalue weighted by molar-refractivity contribution is 7.81. The third-order valence-corrected chi connectivity index (χ3v) is 9.33. The Morgan fingerprint density at radius 3 is 1.86 bits per heavy atom. The maximum atomic E-state index is 12.4. The Labute approximate surface area is 176 Å². The molecule has 0 fully saturated rings. The highest BCUT2D eigenvalue weighted by atomic mass is 35.5. The molecule has 6 heteroatoms. The van der Waals surface area contributed by atoms with Crippen LogP contribution >= 0.6 is 18.7 Å². The van der Waals surface area contributed by atoms with Crippen LogP contribution in [0.3, 0.4) is 0 Å². The van der Waals surface area contributed by atoms with E-state index in [1.165, 1.54) is 7.11 Å². The van der Waals surface area contributed by atoms with Gasteiger partial charge in [-0.05, 0) is 28.3 Å². The lowest BCUT2D eigenvalue weighted by atomic mass is 10.1. The third kappa shape index (κ3) is 4.45. The smallest absolute Gasteiger partial charge is 0.432 e. The van der Waals surface area contributed by atoms with E-state index in [9.17, 15) is 9.90 Å². The molecule has 0 heterocycles. The molecular formula is C23H23ClNO3P. The van der Waals surface area contributed by atoms with Crippen molar-refractivity contribution in [2.45, 2.75) is 18.7 Å². The van der Waals surface area contributed by atoms with E-state index in [-0.39, 0.29) is 5.66 Å². The minimum absolute atomic E-state index is 0.382. The molecule has 29 heavy (non-hydrogen) atoms. The number of carbonyl (C=O) groups is 1. The lowest BCUT2D eigenvalue weighted by molar-refractivity contribution is 0.176. The molecule has 2 atom stereocenters. The van der Waals surface area contributed by atoms with Crippen molar-refractivity contribution in [2.24, 2.45) is 4.74 Å². The molecule has 4 nitrogen and oxygen atoms in total. The average Bonchev–Trinajstić information content (AvgIpc) is 2.78. The molecule has 0 saturated heterocycles. The van der Waals surface area contributed by atoms with Gasteiger partial charge in [0.15, 0.2) is 0 Å². The maximum absolute atomic E-state index is 12.4. The van der Waals surface area contributed by atoms with Gasteiger partial charge < -0.3 is 9.84 Å². The molecule has 0 aliphatic rings. The fraction of sp³-hybridized carbons (Fsp3) is 0.174. The molecular weight excluding hydrogens is 405 g/mol. The minimum Gasteiger partial charge on any atom is -0.451 e. The zero-order chi connectivity index (χ0) is 20.9. The van der Waals surface area contributed by atoms with Gasteiger partial charge in [-0.25, -0.2) is 4.79 Å². The Morgan fingerprint density at radius 1 is 0.931 bits per heavy atom. The van der Waals surface area contributed by atoms with Crippen molar-refractivity contribution < 1.29 is 14.6 Å². The van der Waals surface area contributed by atoms with Crippen LogP contribution in [0.2, 0.25) is 5.02 Å². The van der Waals surface area contributed by atoms with Crippen molar-refractivity contribution >= 4 is 35.4 Å². The summed E-state index contributed by atoms with van der Waals surface area (Å²) < 4.78 is 9.52. The van der Waals surface area contributed by atoms with Gasteiger partial charge in [0.2, 0.25) is 0 Å². The monoisotopic (exact) mass is 427 g/mol. The summed E-state index contributed by atoms with van der Waals surface area (Å²) in [6.07, 6.45) is -1.50. The Bertz CT molecular complexity index is 964. The summed E-state index contributed by atoms with van der Waals surface area (Å²) in [7, 11) is -1.41. The topological polar surface area (TPSA) is 58.9 Å². The molecule has 1 amide bonds. The van der Waals surface area contributed by atoms with Crippen LogP contribution in [0.1, 0.15) is 18.6 Å². The highest BCUT2D eigenvalue weighted by Crippen LogP contribution is 2.56. The van der Waals surface area contributed by atoms with E-state index < -0.39 is 19.3 Å². The zero-order valence-electron chi connectivity index (χ0n) is 16.3. The number of carbonyl (C=O) groups excluding carboxylic acids is 1. The number of hydrogen-bond acceptors (Lipinski definition) is 3. The predicted octanol–water partition coefficient (Wildman–Crippen LogP) is 5.38. The first kappa shape index (κ1) is 21.3. The molecule has 0 aromatic heterocycles. The lowest BCUT2D eigenvalue weighted by Crippen LogP contribution is -2.29. The summed E-state index contributed by atoms with van der Waals surface area (Å²) in [5.74, 6) is 0. The van der Waals surface area contributed by atoms with E-state index in [4.69, 9.17) is 16.3 Å². The second-order valence-corrected chi connectivity index (χ2v) is 10.5. The van der Waals surface area contributed by atoms with Crippen molar-refractivity contribution in [1.82, 2.24) is 0 Å². The minimum atomic E-state index is -2.73. The summed E-state index contributed by atoms with van der Waals surface area (Å²) in [5, 5.41) is 13.7. The fourth-order valence-corrected chi connectivity index (χ4v) is 7.40. The third-order valence-electron chi connectivity index (χ3n) is 4.97. The Balaban J connectivity index is 2.27. The van der Waals surface area contributed by atoms with Gasteiger partial charge >= 0.3 is 6.09 Å². The summed E-state index contributed by atoms with van der Waals surface area (Å²) >= 11 is 6.01. The standard InChI is InChI=1S/C23H23ClNO3P/c1-17(22(26)18-13-15-19(24)16-14-18)29(25-23(27)28-2,20-9-5-3-6-10-20)21-11-7-4-8-12-21/h3-17,22,26H,1-2H3/t17-,22+/m0/s1. The van der Waals surface area contributed by atoms with Gasteiger partial charge in [0.05, 0.1) is 13.2 Å². The van der Waals surface area contributed by atoms with Gasteiger partial charge in [-0.15, -0.1) is 0 Å². The predicted molar refractivity (Wildman–Crippen MR) is 120 cm³/mol. The van der Waals surface area contributed by atoms with E-state index in [2.05, 4.69) is 4.74 Å². The average molecular weight is 428 g/mol. The molecule has 3 rings (SSSR count). The Kier molecular flexibility index (Phi) is 6.92. The van der Waals surface area contributed by atoms with Crippen LogP contribution in [0.5, 0.6) is 0 Å². The van der Waals surface area contributed by atoms with Crippen molar-refractivity contribution in [1.29, 1.82) is 0 Å². The number of methoxy groups -OCH3 is 1. The molecule has 0 aliphatic heterocycles. The van der Waals surface area contributed by atoms with Gasteiger partial charge in [-0.1, -0.05) is 91.3 Å². The molecule has 0 bridgehead atoms. The number of amides is 1. The number of hydrogen-bond donors (Lipinski definition) is 1. The second-order valence-electron chi connectivity index (χ2n) is 6.66. The van der Waals surface area contributed by atoms with Crippen molar-refractivity contribution in [3.05, 3.63) is 95.5 Å². The molecule has 0 saturated carbocycles. The first-order valence-corrected chi connectivity index (χ1v) is 11.4. The van der Waals surface area contributed by atoms with Crippen LogP contribution < -0.4 is 10.6 Å². The summed E-state index contributed by atoms with van der Waals surface area (Å²) in [5.41, 5.74) is 0.339. The number of benzene rings is 3. The number of aliphatic hydroxyl groups is 1. The van der Waals surface area contributed by atoms with Crippen molar-refractivity contribution in [3.8, 4) is 0 Å². The first-order valence-electron chi connectivity index (χ1n) is 9.23. The van der Waals surface area contributed by atoms with Crippen LogP contribution in [-0.4, -0.2) is 24.0 Å². The summed E-state index contributed by atoms with van der Waals surface area (Å²) in [4.78, 5) is 12.4. The number of nitrogens with zero attached hydrogens (tertiary/aromatic N) is 1. The molecule has 3 aromatic carbocycles. The van der Waals surface area contributed by atoms with Crippen LogP contribution in [0.15, 0.2) is 89.7 Å².